The Balaban J connectivity index is 1.86. The van der Waals surface area contributed by atoms with Crippen molar-refractivity contribution in [3.8, 4) is 22.8 Å². The second-order valence-electron chi connectivity index (χ2n) is 5.73. The first-order valence-electron chi connectivity index (χ1n) is 7.97. The molecule has 136 valence electrons. The molecule has 3 heterocycles. The van der Waals surface area contributed by atoms with Gasteiger partial charge in [-0.2, -0.15) is 18.6 Å². The molecule has 4 aromatic rings. The Hall–Kier alpha value is -3.62. The topological polar surface area (TPSA) is 74.3 Å². The van der Waals surface area contributed by atoms with Gasteiger partial charge in [-0.05, 0) is 36.2 Å². The quantitative estimate of drug-likeness (QED) is 0.553. The lowest BCUT2D eigenvalue weighted by atomic mass is 10.0. The Kier molecular flexibility index (Phi) is 4.11. The van der Waals surface area contributed by atoms with Crippen LogP contribution in [0.4, 0.5) is 8.78 Å². The van der Waals surface area contributed by atoms with Crippen LogP contribution in [0.15, 0.2) is 60.0 Å². The Morgan fingerprint density at radius 3 is 2.67 bits per heavy atom. The van der Waals surface area contributed by atoms with Crippen molar-refractivity contribution in [1.29, 1.82) is 0 Å². The van der Waals surface area contributed by atoms with Crippen molar-refractivity contribution in [3.05, 3.63) is 71.2 Å². The van der Waals surface area contributed by atoms with Crippen LogP contribution >= 0.6 is 0 Å². The van der Waals surface area contributed by atoms with Gasteiger partial charge in [-0.1, -0.05) is 12.1 Å². The molecule has 0 spiro atoms. The molecular weight excluding hydrogens is 356 g/mol. The molecule has 0 saturated heterocycles. The zero-order valence-corrected chi connectivity index (χ0v) is 14.1. The number of fused-ring (bicyclic) bond motifs is 1. The third kappa shape index (κ3) is 3.03. The number of aryl methyl sites for hydroxylation is 1. The number of nitrogens with zero attached hydrogens (tertiary/aromatic N) is 5. The maximum absolute atomic E-state index is 12.9. The van der Waals surface area contributed by atoms with E-state index in [-0.39, 0.29) is 17.3 Å². The lowest BCUT2D eigenvalue weighted by Gasteiger charge is -2.06. The van der Waals surface area contributed by atoms with Gasteiger partial charge in [-0.25, -0.2) is 9.97 Å². The fourth-order valence-corrected chi connectivity index (χ4v) is 2.92. The van der Waals surface area contributed by atoms with Crippen molar-refractivity contribution in [2.24, 2.45) is 0 Å². The first-order chi connectivity index (χ1) is 13.0. The first kappa shape index (κ1) is 16.8. The summed E-state index contributed by atoms with van der Waals surface area (Å²) in [6.45, 7) is -1.13. The lowest BCUT2D eigenvalue weighted by molar-refractivity contribution is -0.0498. The van der Waals surface area contributed by atoms with Crippen molar-refractivity contribution in [3.63, 3.8) is 0 Å². The minimum Gasteiger partial charge on any atom is -0.435 e. The molecule has 0 aliphatic rings. The molecule has 0 saturated carbocycles. The predicted molar refractivity (Wildman–Crippen MR) is 93.2 cm³/mol. The number of ether oxygens (including phenoxy) is 1. The average molecular weight is 369 g/mol. The van der Waals surface area contributed by atoms with Crippen LogP contribution in [0.2, 0.25) is 0 Å². The normalized spacial score (nSPS) is 11.3. The molecule has 0 aliphatic carbocycles. The number of alkyl halides is 2. The third-order valence-corrected chi connectivity index (χ3v) is 4.08. The van der Waals surface area contributed by atoms with E-state index in [1.54, 1.807) is 35.7 Å². The van der Waals surface area contributed by atoms with Crippen LogP contribution in [0.25, 0.3) is 22.6 Å². The van der Waals surface area contributed by atoms with E-state index in [4.69, 9.17) is 0 Å². The number of rotatable bonds is 4. The van der Waals surface area contributed by atoms with E-state index in [0.29, 0.717) is 22.2 Å². The van der Waals surface area contributed by atoms with E-state index in [0.717, 1.165) is 4.68 Å². The van der Waals surface area contributed by atoms with Gasteiger partial charge in [0.25, 0.3) is 11.5 Å². The summed E-state index contributed by atoms with van der Waals surface area (Å²) in [6, 6.07) is 7.96. The lowest BCUT2D eigenvalue weighted by Crippen LogP contribution is -2.24. The Morgan fingerprint density at radius 1 is 1.15 bits per heavy atom. The molecule has 7 nitrogen and oxygen atoms in total. The van der Waals surface area contributed by atoms with Crippen LogP contribution in [0.5, 0.6) is 5.75 Å². The van der Waals surface area contributed by atoms with Crippen LogP contribution in [0.3, 0.4) is 0 Å². The summed E-state index contributed by atoms with van der Waals surface area (Å²) in [6.07, 6.45) is 6.23. The summed E-state index contributed by atoms with van der Waals surface area (Å²) >= 11 is 0. The number of aromatic nitrogens is 5. The van der Waals surface area contributed by atoms with Gasteiger partial charge in [0.2, 0.25) is 0 Å². The van der Waals surface area contributed by atoms with Gasteiger partial charge >= 0.3 is 6.61 Å². The summed E-state index contributed by atoms with van der Waals surface area (Å²) in [5.41, 5.74) is 2.05. The molecule has 0 fully saturated rings. The number of hydrogen-bond donors (Lipinski definition) is 0. The van der Waals surface area contributed by atoms with Crippen LogP contribution in [0.1, 0.15) is 5.56 Å². The minimum atomic E-state index is -2.91. The molecule has 0 unspecified atom stereocenters. The van der Waals surface area contributed by atoms with Crippen LogP contribution in [0, 0.1) is 6.92 Å². The molecule has 1 aromatic carbocycles. The van der Waals surface area contributed by atoms with Gasteiger partial charge in [-0.15, -0.1) is 0 Å². The zero-order valence-electron chi connectivity index (χ0n) is 14.1. The predicted octanol–water partition coefficient (Wildman–Crippen LogP) is 2.85. The molecule has 9 heteroatoms. The minimum absolute atomic E-state index is 0.0466. The molecule has 27 heavy (non-hydrogen) atoms. The van der Waals surface area contributed by atoms with Crippen molar-refractivity contribution >= 4 is 5.52 Å². The second-order valence-corrected chi connectivity index (χ2v) is 5.73. The third-order valence-electron chi connectivity index (χ3n) is 4.08. The van der Waals surface area contributed by atoms with E-state index >= 15 is 0 Å². The summed E-state index contributed by atoms with van der Waals surface area (Å²) in [5, 5.41) is 4.10. The molecule has 0 aliphatic heterocycles. The summed E-state index contributed by atoms with van der Waals surface area (Å²) in [4.78, 5) is 21.0. The standard InChI is InChI=1S/C18H13F2N5O2/c1-11-14(12-4-2-5-13(8-12)27-17(19)20)9-24-10-23-25(16(26)15(11)24)18-21-6-3-7-22-18/h2-10,17H,1H3. The molecule has 4 rings (SSSR count). The van der Waals surface area contributed by atoms with Crippen LogP contribution in [-0.4, -0.2) is 30.8 Å². The Morgan fingerprint density at radius 2 is 1.93 bits per heavy atom. The van der Waals surface area contributed by atoms with Crippen molar-refractivity contribution in [1.82, 2.24) is 24.1 Å². The van der Waals surface area contributed by atoms with Gasteiger partial charge in [0.1, 0.15) is 17.6 Å². The summed E-state index contributed by atoms with van der Waals surface area (Å²) < 4.78 is 32.1. The van der Waals surface area contributed by atoms with Gasteiger partial charge in [-0.3, -0.25) is 4.79 Å². The number of halogens is 2. The second kappa shape index (κ2) is 6.60. The van der Waals surface area contributed by atoms with E-state index < -0.39 is 6.61 Å². The molecule has 0 N–H and O–H groups in total. The van der Waals surface area contributed by atoms with Crippen LogP contribution < -0.4 is 10.3 Å². The smallest absolute Gasteiger partial charge is 0.387 e. The largest absolute Gasteiger partial charge is 0.435 e. The highest BCUT2D eigenvalue weighted by atomic mass is 19.3. The molecule has 3 aromatic heterocycles. The Labute approximate surface area is 151 Å². The molecule has 0 radical (unpaired) electrons. The molecule has 0 amide bonds. The van der Waals surface area contributed by atoms with E-state index in [9.17, 15) is 13.6 Å². The van der Waals surface area contributed by atoms with Gasteiger partial charge in [0.05, 0.1) is 0 Å². The number of benzene rings is 1. The van der Waals surface area contributed by atoms with Crippen LogP contribution in [-0.2, 0) is 0 Å². The fraction of sp³-hybridized carbons (Fsp3) is 0.111. The summed E-state index contributed by atoms with van der Waals surface area (Å²) in [7, 11) is 0. The van der Waals surface area contributed by atoms with Crippen molar-refractivity contribution in [2.75, 3.05) is 0 Å². The molecule has 0 bridgehead atoms. The van der Waals surface area contributed by atoms with Crippen molar-refractivity contribution < 1.29 is 13.5 Å². The van der Waals surface area contributed by atoms with E-state index in [1.165, 1.54) is 30.9 Å². The monoisotopic (exact) mass is 369 g/mol. The average Bonchev–Trinajstić information content (AvgIpc) is 3.00. The van der Waals surface area contributed by atoms with E-state index in [1.807, 2.05) is 0 Å². The van der Waals surface area contributed by atoms with Gasteiger partial charge in [0.15, 0.2) is 0 Å². The maximum Gasteiger partial charge on any atom is 0.387 e. The zero-order chi connectivity index (χ0) is 19.0. The summed E-state index contributed by atoms with van der Waals surface area (Å²) in [5.74, 6) is 0.213. The number of hydrogen-bond acceptors (Lipinski definition) is 5. The highest BCUT2D eigenvalue weighted by Gasteiger charge is 2.16. The SMILES string of the molecule is Cc1c(-c2cccc(OC(F)F)c2)cn2cnn(-c3ncccn3)c(=O)c12. The van der Waals surface area contributed by atoms with E-state index in [2.05, 4.69) is 19.8 Å². The highest BCUT2D eigenvalue weighted by molar-refractivity contribution is 5.76. The molecule has 0 atom stereocenters. The van der Waals surface area contributed by atoms with Gasteiger partial charge in [0, 0.05) is 24.2 Å². The maximum atomic E-state index is 12.9. The van der Waals surface area contributed by atoms with Crippen molar-refractivity contribution in [2.45, 2.75) is 13.5 Å². The molecular formula is C18H13F2N5O2. The first-order valence-corrected chi connectivity index (χ1v) is 7.97. The van der Waals surface area contributed by atoms with Gasteiger partial charge < -0.3 is 9.14 Å². The Bertz CT molecular complexity index is 1170. The highest BCUT2D eigenvalue weighted by Crippen LogP contribution is 2.29. The fourth-order valence-electron chi connectivity index (χ4n) is 2.92.